The van der Waals surface area contributed by atoms with Crippen LogP contribution in [0.2, 0.25) is 0 Å². The Kier molecular flexibility index (Phi) is 2.14. The summed E-state index contributed by atoms with van der Waals surface area (Å²) in [4.78, 5) is 4.25. The zero-order valence-corrected chi connectivity index (χ0v) is 8.69. The number of hydrogen-bond donors (Lipinski definition) is 0. The van der Waals surface area contributed by atoms with Crippen LogP contribution in [0.3, 0.4) is 0 Å². The number of rotatable bonds is 1. The molecular weight excluding hydrogens is 230 g/mol. The Morgan fingerprint density at radius 3 is 2.77 bits per heavy atom. The lowest BCUT2D eigenvalue weighted by Gasteiger charge is -2.00. The highest BCUT2D eigenvalue weighted by Crippen LogP contribution is 2.18. The first kappa shape index (κ1) is 8.44. The van der Waals surface area contributed by atoms with Crippen LogP contribution in [0.1, 0.15) is 0 Å². The molecule has 2 aromatic rings. The molecule has 0 atom stereocenters. The largest absolute Gasteiger partial charge is 0.266 e. The summed E-state index contributed by atoms with van der Waals surface area (Å²) in [5.74, 6) is 0. The molecule has 0 aliphatic carbocycles. The second-order valence-electron chi connectivity index (χ2n) is 2.70. The third-order valence-electron chi connectivity index (χ3n) is 1.81. The van der Waals surface area contributed by atoms with Crippen LogP contribution in [0.5, 0.6) is 0 Å². The number of aromatic nitrogens is 3. The minimum atomic E-state index is 0.925. The zero-order chi connectivity index (χ0) is 9.26. The highest BCUT2D eigenvalue weighted by atomic mass is 79.9. The van der Waals surface area contributed by atoms with Crippen LogP contribution in [-0.4, -0.2) is 14.8 Å². The molecule has 2 heterocycles. The molecule has 0 spiro atoms. The third-order valence-corrected chi connectivity index (χ3v) is 2.30. The van der Waals surface area contributed by atoms with Crippen molar-refractivity contribution in [2.45, 2.75) is 0 Å². The van der Waals surface area contributed by atoms with Gasteiger partial charge in [0.05, 0.1) is 11.4 Å². The van der Waals surface area contributed by atoms with Crippen molar-refractivity contribution in [3.8, 4) is 11.4 Å². The zero-order valence-electron chi connectivity index (χ0n) is 7.11. The summed E-state index contributed by atoms with van der Waals surface area (Å²) < 4.78 is 2.83. The SMILES string of the molecule is Cn1nccc1-c1cc(Br)ccn1. The van der Waals surface area contributed by atoms with Crippen LogP contribution in [0.4, 0.5) is 0 Å². The number of aryl methyl sites for hydroxylation is 1. The molecule has 13 heavy (non-hydrogen) atoms. The van der Waals surface area contributed by atoms with Crippen LogP contribution < -0.4 is 0 Å². The maximum Gasteiger partial charge on any atom is 0.0894 e. The standard InChI is InChI=1S/C9H8BrN3/c1-13-9(3-5-12-13)8-6-7(10)2-4-11-8/h2-6H,1H3. The number of pyridine rings is 1. The van der Waals surface area contributed by atoms with Gasteiger partial charge in [-0.05, 0) is 18.2 Å². The summed E-state index contributed by atoms with van der Waals surface area (Å²) in [5, 5.41) is 4.08. The smallest absolute Gasteiger partial charge is 0.0894 e. The number of nitrogens with zero attached hydrogens (tertiary/aromatic N) is 3. The van der Waals surface area contributed by atoms with E-state index in [2.05, 4.69) is 26.0 Å². The van der Waals surface area contributed by atoms with E-state index in [0.29, 0.717) is 0 Å². The van der Waals surface area contributed by atoms with E-state index in [1.807, 2.05) is 25.2 Å². The predicted octanol–water partition coefficient (Wildman–Crippen LogP) is 2.24. The van der Waals surface area contributed by atoms with Crippen molar-refractivity contribution in [3.05, 3.63) is 35.1 Å². The van der Waals surface area contributed by atoms with Crippen molar-refractivity contribution in [2.24, 2.45) is 7.05 Å². The van der Waals surface area contributed by atoms with Gasteiger partial charge < -0.3 is 0 Å². The predicted molar refractivity (Wildman–Crippen MR) is 54.1 cm³/mol. The van der Waals surface area contributed by atoms with Gasteiger partial charge in [-0.2, -0.15) is 5.10 Å². The highest BCUT2D eigenvalue weighted by Gasteiger charge is 2.02. The Bertz CT molecular complexity index is 422. The first-order valence-corrected chi connectivity index (χ1v) is 4.66. The molecule has 0 radical (unpaired) electrons. The average molecular weight is 238 g/mol. The van der Waals surface area contributed by atoms with Gasteiger partial charge >= 0.3 is 0 Å². The molecule has 0 saturated carbocycles. The van der Waals surface area contributed by atoms with Gasteiger partial charge in [0.15, 0.2) is 0 Å². The summed E-state index contributed by atoms with van der Waals surface area (Å²) in [6, 6.07) is 5.81. The van der Waals surface area contributed by atoms with Crippen LogP contribution in [0.15, 0.2) is 35.1 Å². The first-order chi connectivity index (χ1) is 6.27. The van der Waals surface area contributed by atoms with Gasteiger partial charge in [0.2, 0.25) is 0 Å². The molecule has 0 N–H and O–H groups in total. The van der Waals surface area contributed by atoms with Gasteiger partial charge in [0.1, 0.15) is 0 Å². The minimum absolute atomic E-state index is 0.925. The monoisotopic (exact) mass is 237 g/mol. The van der Waals surface area contributed by atoms with E-state index >= 15 is 0 Å². The molecule has 0 fully saturated rings. The molecule has 66 valence electrons. The average Bonchev–Trinajstić information content (AvgIpc) is 2.51. The van der Waals surface area contributed by atoms with Gasteiger partial charge in [-0.1, -0.05) is 15.9 Å². The van der Waals surface area contributed by atoms with E-state index in [1.54, 1.807) is 17.1 Å². The molecule has 0 bridgehead atoms. The van der Waals surface area contributed by atoms with Crippen LogP contribution >= 0.6 is 15.9 Å². The van der Waals surface area contributed by atoms with Gasteiger partial charge in [0, 0.05) is 23.9 Å². The summed E-state index contributed by atoms with van der Waals surface area (Å²) >= 11 is 3.40. The highest BCUT2D eigenvalue weighted by molar-refractivity contribution is 9.10. The molecular formula is C9H8BrN3. The fourth-order valence-electron chi connectivity index (χ4n) is 1.17. The van der Waals surface area contributed by atoms with Crippen molar-refractivity contribution < 1.29 is 0 Å². The molecule has 0 aromatic carbocycles. The Morgan fingerprint density at radius 2 is 2.15 bits per heavy atom. The van der Waals surface area contributed by atoms with Gasteiger partial charge in [0.25, 0.3) is 0 Å². The normalized spacial score (nSPS) is 10.3. The van der Waals surface area contributed by atoms with Crippen molar-refractivity contribution in [3.63, 3.8) is 0 Å². The van der Waals surface area contributed by atoms with Crippen LogP contribution in [0.25, 0.3) is 11.4 Å². The van der Waals surface area contributed by atoms with E-state index in [0.717, 1.165) is 15.9 Å². The Labute approximate surface area is 84.5 Å². The third kappa shape index (κ3) is 1.62. The van der Waals surface area contributed by atoms with E-state index < -0.39 is 0 Å². The molecule has 0 unspecified atom stereocenters. The topological polar surface area (TPSA) is 30.7 Å². The van der Waals surface area contributed by atoms with Crippen molar-refractivity contribution in [1.29, 1.82) is 0 Å². The van der Waals surface area contributed by atoms with Crippen LogP contribution in [-0.2, 0) is 7.05 Å². The molecule has 2 aromatic heterocycles. The lowest BCUT2D eigenvalue weighted by molar-refractivity contribution is 0.773. The van der Waals surface area contributed by atoms with E-state index in [-0.39, 0.29) is 0 Å². The summed E-state index contributed by atoms with van der Waals surface area (Å²) in [7, 11) is 1.90. The molecule has 3 nitrogen and oxygen atoms in total. The lowest BCUT2D eigenvalue weighted by atomic mass is 10.3. The summed E-state index contributed by atoms with van der Waals surface area (Å²) in [6.07, 6.45) is 3.53. The fourth-order valence-corrected chi connectivity index (χ4v) is 1.51. The van der Waals surface area contributed by atoms with Gasteiger partial charge in [-0.25, -0.2) is 0 Å². The Morgan fingerprint density at radius 1 is 1.31 bits per heavy atom. The van der Waals surface area contributed by atoms with Gasteiger partial charge in [-0.15, -0.1) is 0 Å². The van der Waals surface area contributed by atoms with Crippen molar-refractivity contribution >= 4 is 15.9 Å². The number of hydrogen-bond acceptors (Lipinski definition) is 2. The second-order valence-corrected chi connectivity index (χ2v) is 3.62. The fraction of sp³-hybridized carbons (Fsp3) is 0.111. The summed E-state index contributed by atoms with van der Waals surface area (Å²) in [6.45, 7) is 0. The molecule has 0 aliphatic rings. The second kappa shape index (κ2) is 3.30. The molecule has 2 rings (SSSR count). The van der Waals surface area contributed by atoms with E-state index in [9.17, 15) is 0 Å². The minimum Gasteiger partial charge on any atom is -0.266 e. The lowest BCUT2D eigenvalue weighted by Crippen LogP contribution is -1.94. The quantitative estimate of drug-likeness (QED) is 0.762. The maximum absolute atomic E-state index is 4.25. The van der Waals surface area contributed by atoms with Crippen molar-refractivity contribution in [2.75, 3.05) is 0 Å². The van der Waals surface area contributed by atoms with Gasteiger partial charge in [-0.3, -0.25) is 9.67 Å². The molecule has 0 aliphatic heterocycles. The first-order valence-electron chi connectivity index (χ1n) is 3.87. The summed E-state index contributed by atoms with van der Waals surface area (Å²) in [5.41, 5.74) is 1.94. The van der Waals surface area contributed by atoms with E-state index in [4.69, 9.17) is 0 Å². The Balaban J connectivity index is 2.53. The van der Waals surface area contributed by atoms with E-state index in [1.165, 1.54) is 0 Å². The number of halogens is 1. The maximum atomic E-state index is 4.25. The van der Waals surface area contributed by atoms with Crippen LogP contribution in [0, 0.1) is 0 Å². The Hall–Kier alpha value is -1.16. The molecule has 0 amide bonds. The molecule has 0 saturated heterocycles. The van der Waals surface area contributed by atoms with Crippen molar-refractivity contribution in [1.82, 2.24) is 14.8 Å². The molecule has 4 heteroatoms.